The maximum absolute atomic E-state index is 12.7. The van der Waals surface area contributed by atoms with Crippen LogP contribution in [0.25, 0.3) is 0 Å². The van der Waals surface area contributed by atoms with Gasteiger partial charge in [0, 0.05) is 12.8 Å². The molecule has 0 spiro atoms. The molecule has 0 heterocycles. The maximum Gasteiger partial charge on any atom is 0.472 e. The molecule has 0 amide bonds. The van der Waals surface area contributed by atoms with E-state index in [-0.39, 0.29) is 32.0 Å². The summed E-state index contributed by atoms with van der Waals surface area (Å²) in [5.41, 5.74) is 0. The molecule has 3 unspecified atom stereocenters. The van der Waals surface area contributed by atoms with E-state index in [1.54, 1.807) is 0 Å². The van der Waals surface area contributed by atoms with Crippen molar-refractivity contribution < 1.29 is 47.2 Å². The Morgan fingerprint density at radius 1 is 0.648 bits per heavy atom. The molecular formula is C43H83NO9P+. The minimum absolute atomic E-state index is 0.0160. The number of carbonyl (C=O) groups excluding carboxylic acids is 2. The summed E-state index contributed by atoms with van der Waals surface area (Å²) in [5.74, 6) is -0.866. The van der Waals surface area contributed by atoms with E-state index in [0.717, 1.165) is 51.4 Å². The van der Waals surface area contributed by atoms with Crippen LogP contribution in [0.2, 0.25) is 0 Å². The van der Waals surface area contributed by atoms with E-state index in [4.69, 9.17) is 18.5 Å². The summed E-state index contributed by atoms with van der Waals surface area (Å²) in [6, 6.07) is 0. The molecule has 0 aromatic rings. The number of phosphoric ester groups is 1. The lowest BCUT2D eigenvalue weighted by Gasteiger charge is -2.24. The first-order valence-corrected chi connectivity index (χ1v) is 23.2. The smallest absolute Gasteiger partial charge is 0.462 e. The van der Waals surface area contributed by atoms with Crippen LogP contribution in [-0.4, -0.2) is 86.1 Å². The highest BCUT2D eigenvalue weighted by Gasteiger charge is 2.27. The van der Waals surface area contributed by atoms with Crippen LogP contribution in [-0.2, 0) is 32.7 Å². The van der Waals surface area contributed by atoms with E-state index in [2.05, 4.69) is 19.9 Å². The number of aliphatic hydroxyl groups excluding tert-OH is 1. The van der Waals surface area contributed by atoms with Crippen LogP contribution >= 0.6 is 7.82 Å². The van der Waals surface area contributed by atoms with Crippen molar-refractivity contribution in [1.82, 2.24) is 0 Å². The van der Waals surface area contributed by atoms with Crippen LogP contribution in [0.15, 0.2) is 24.3 Å². The Morgan fingerprint density at radius 2 is 1.15 bits per heavy atom. The van der Waals surface area contributed by atoms with Crippen molar-refractivity contribution in [3.8, 4) is 0 Å². The van der Waals surface area contributed by atoms with Crippen LogP contribution in [0.5, 0.6) is 0 Å². The Morgan fingerprint density at radius 3 is 1.70 bits per heavy atom. The van der Waals surface area contributed by atoms with E-state index in [1.807, 2.05) is 39.4 Å². The van der Waals surface area contributed by atoms with Crippen LogP contribution in [0, 0.1) is 0 Å². The van der Waals surface area contributed by atoms with Gasteiger partial charge in [0.2, 0.25) is 0 Å². The molecule has 0 radical (unpaired) electrons. The molecule has 3 atom stereocenters. The van der Waals surface area contributed by atoms with Crippen molar-refractivity contribution >= 4 is 19.8 Å². The van der Waals surface area contributed by atoms with Crippen LogP contribution in [0.4, 0.5) is 0 Å². The van der Waals surface area contributed by atoms with Crippen LogP contribution in [0.3, 0.4) is 0 Å². The normalized spacial score (nSPS) is 14.4. The minimum Gasteiger partial charge on any atom is -0.462 e. The van der Waals surface area contributed by atoms with Gasteiger partial charge in [0.15, 0.2) is 6.10 Å². The second-order valence-electron chi connectivity index (χ2n) is 15.9. The van der Waals surface area contributed by atoms with Crippen molar-refractivity contribution in [2.45, 2.75) is 193 Å². The van der Waals surface area contributed by atoms with Gasteiger partial charge in [-0.2, -0.15) is 0 Å². The van der Waals surface area contributed by atoms with Crippen molar-refractivity contribution in [2.24, 2.45) is 0 Å². The molecule has 0 aliphatic carbocycles. The molecule has 0 aromatic carbocycles. The number of esters is 2. The first kappa shape index (κ1) is 52.5. The lowest BCUT2D eigenvalue weighted by Crippen LogP contribution is -2.37. The summed E-state index contributed by atoms with van der Waals surface area (Å²) in [6.45, 7) is 4.27. The van der Waals surface area contributed by atoms with Gasteiger partial charge in [-0.1, -0.05) is 160 Å². The highest BCUT2D eigenvalue weighted by molar-refractivity contribution is 7.47. The number of nitrogens with zero attached hydrogens (tertiary/aromatic N) is 1. The van der Waals surface area contributed by atoms with E-state index in [9.17, 15) is 24.2 Å². The standard InChI is InChI=1S/C43H82NO9P/c1-6-8-10-12-14-15-16-17-18-19-20-22-26-30-34-42(46)50-38-41(39-52-54(48,49)51-37-36-44(3,4)5)53-43(47)35-31-27-23-25-29-33-40(45)32-28-24-21-13-11-9-7-2/h21,24,28,32,40-41,45H,6-20,22-23,25-27,29-31,33-39H2,1-5H3/p+1/b24-21-,32-28+. The third-order valence-corrected chi connectivity index (χ3v) is 10.3. The Kier molecular flexibility index (Phi) is 34.8. The van der Waals surface area contributed by atoms with Gasteiger partial charge in [-0.05, 0) is 32.1 Å². The molecule has 0 rings (SSSR count). The van der Waals surface area contributed by atoms with Crippen molar-refractivity contribution in [3.05, 3.63) is 24.3 Å². The number of hydrogen-bond acceptors (Lipinski definition) is 8. The lowest BCUT2D eigenvalue weighted by atomic mass is 10.0. The molecule has 0 saturated carbocycles. The number of phosphoric acid groups is 1. The Labute approximate surface area is 331 Å². The molecule has 10 nitrogen and oxygen atoms in total. The fourth-order valence-corrected chi connectivity index (χ4v) is 6.60. The average Bonchev–Trinajstić information content (AvgIpc) is 3.11. The van der Waals surface area contributed by atoms with Gasteiger partial charge in [-0.25, -0.2) is 4.57 Å². The van der Waals surface area contributed by atoms with Crippen LogP contribution in [0.1, 0.15) is 181 Å². The number of unbranched alkanes of at least 4 members (excludes halogenated alkanes) is 20. The average molecular weight is 789 g/mol. The van der Waals surface area contributed by atoms with Crippen LogP contribution < -0.4 is 0 Å². The number of allylic oxidation sites excluding steroid dienone is 3. The van der Waals surface area contributed by atoms with Crippen molar-refractivity contribution in [2.75, 3.05) is 47.5 Å². The number of hydrogen-bond donors (Lipinski definition) is 2. The Bertz CT molecular complexity index is 998. The third-order valence-electron chi connectivity index (χ3n) is 9.34. The molecule has 318 valence electrons. The second kappa shape index (κ2) is 35.8. The number of aliphatic hydroxyl groups is 1. The first-order chi connectivity index (χ1) is 25.9. The first-order valence-electron chi connectivity index (χ1n) is 21.7. The highest BCUT2D eigenvalue weighted by Crippen LogP contribution is 2.43. The summed E-state index contributed by atoms with van der Waals surface area (Å²) in [6.07, 6.45) is 33.8. The number of quaternary nitrogens is 1. The molecule has 0 aliphatic heterocycles. The molecule has 0 aliphatic rings. The molecule has 54 heavy (non-hydrogen) atoms. The zero-order valence-electron chi connectivity index (χ0n) is 35.3. The van der Waals surface area contributed by atoms with Gasteiger partial charge in [0.25, 0.3) is 0 Å². The van der Waals surface area contributed by atoms with Crippen molar-refractivity contribution in [1.29, 1.82) is 0 Å². The summed E-state index contributed by atoms with van der Waals surface area (Å²) >= 11 is 0. The zero-order chi connectivity index (χ0) is 40.2. The van der Waals surface area contributed by atoms with Gasteiger partial charge in [-0.15, -0.1) is 0 Å². The summed E-state index contributed by atoms with van der Waals surface area (Å²) < 4.78 is 34.2. The van der Waals surface area contributed by atoms with Gasteiger partial charge >= 0.3 is 19.8 Å². The van der Waals surface area contributed by atoms with Crippen molar-refractivity contribution in [3.63, 3.8) is 0 Å². The minimum atomic E-state index is -4.39. The van der Waals surface area contributed by atoms with E-state index in [0.29, 0.717) is 23.9 Å². The number of likely N-dealkylation sites (N-methyl/N-ethyl adjacent to an activating group) is 1. The number of carbonyl (C=O) groups is 2. The lowest BCUT2D eigenvalue weighted by molar-refractivity contribution is -0.870. The molecule has 2 N–H and O–H groups in total. The Balaban J connectivity index is 4.45. The van der Waals surface area contributed by atoms with Gasteiger partial charge < -0.3 is 24.0 Å². The fourth-order valence-electron chi connectivity index (χ4n) is 5.86. The SMILES string of the molecule is CCCCC/C=C\C=C\C(O)CCCCCCCC(=O)OC(COC(=O)CCCCCCCCCCCCCCCC)COP(=O)(O)OCC[N+](C)(C)C. The molecule has 0 bridgehead atoms. The molecule has 0 aromatic heterocycles. The largest absolute Gasteiger partial charge is 0.472 e. The quantitative estimate of drug-likeness (QED) is 0.0206. The fraction of sp³-hybridized carbons (Fsp3) is 0.860. The highest BCUT2D eigenvalue weighted by atomic mass is 31.2. The maximum atomic E-state index is 12.7. The third kappa shape index (κ3) is 38.7. The van der Waals surface area contributed by atoms with Gasteiger partial charge in [0.1, 0.15) is 19.8 Å². The van der Waals surface area contributed by atoms with Gasteiger partial charge in [0.05, 0.1) is 33.9 Å². The zero-order valence-corrected chi connectivity index (χ0v) is 36.2. The van der Waals surface area contributed by atoms with Gasteiger partial charge in [-0.3, -0.25) is 18.6 Å². The topological polar surface area (TPSA) is 129 Å². The molecular weight excluding hydrogens is 705 g/mol. The monoisotopic (exact) mass is 789 g/mol. The van der Waals surface area contributed by atoms with E-state index in [1.165, 1.54) is 89.9 Å². The number of ether oxygens (including phenoxy) is 2. The summed E-state index contributed by atoms with van der Waals surface area (Å²) in [7, 11) is 1.42. The van der Waals surface area contributed by atoms with E-state index < -0.39 is 32.6 Å². The summed E-state index contributed by atoms with van der Waals surface area (Å²) in [4.78, 5) is 35.3. The van der Waals surface area contributed by atoms with E-state index >= 15 is 0 Å². The Hall–Kier alpha value is -1.55. The summed E-state index contributed by atoms with van der Waals surface area (Å²) in [5, 5.41) is 10.2. The molecule has 11 heteroatoms. The predicted octanol–water partition coefficient (Wildman–Crippen LogP) is 10.9. The number of rotatable bonds is 39. The molecule has 0 fully saturated rings. The predicted molar refractivity (Wildman–Crippen MR) is 221 cm³/mol. The molecule has 0 saturated heterocycles. The second-order valence-corrected chi connectivity index (χ2v) is 17.4.